The van der Waals surface area contributed by atoms with Crippen molar-refractivity contribution in [3.8, 4) is 0 Å². The van der Waals surface area contributed by atoms with Crippen LogP contribution in [0.25, 0.3) is 0 Å². The topological polar surface area (TPSA) is 47.3 Å². The van der Waals surface area contributed by atoms with Crippen LogP contribution in [0.1, 0.15) is 70.0 Å². The maximum atomic E-state index is 10.7. The van der Waals surface area contributed by atoms with Crippen LogP contribution < -0.4 is 0 Å². The van der Waals surface area contributed by atoms with Crippen molar-refractivity contribution < 1.29 is 9.84 Å². The zero-order valence-corrected chi connectivity index (χ0v) is 13.1. The summed E-state index contributed by atoms with van der Waals surface area (Å²) < 4.78 is 8.05. The van der Waals surface area contributed by atoms with Crippen molar-refractivity contribution in [3.63, 3.8) is 0 Å². The summed E-state index contributed by atoms with van der Waals surface area (Å²) in [5.74, 6) is 0. The molecule has 21 heavy (non-hydrogen) atoms. The zero-order valence-electron chi connectivity index (χ0n) is 13.1. The van der Waals surface area contributed by atoms with E-state index in [4.69, 9.17) is 9.84 Å². The lowest BCUT2D eigenvalue weighted by atomic mass is 9.91. The molecule has 0 spiro atoms. The average molecular weight is 292 g/mol. The molecular weight excluding hydrogens is 264 g/mol. The van der Waals surface area contributed by atoms with Crippen LogP contribution in [-0.4, -0.2) is 33.2 Å². The van der Waals surface area contributed by atoms with E-state index in [2.05, 4.69) is 16.9 Å². The average Bonchev–Trinajstić information content (AvgIpc) is 3.20. The second-order valence-electron chi connectivity index (χ2n) is 6.65. The van der Waals surface area contributed by atoms with Crippen molar-refractivity contribution in [2.45, 2.75) is 82.5 Å². The van der Waals surface area contributed by atoms with E-state index < -0.39 is 6.10 Å². The monoisotopic (exact) mass is 292 g/mol. The smallest absolute Gasteiger partial charge is 0.0943 e. The quantitative estimate of drug-likeness (QED) is 0.875. The van der Waals surface area contributed by atoms with Crippen molar-refractivity contribution in [2.75, 3.05) is 6.61 Å². The van der Waals surface area contributed by atoms with Crippen LogP contribution in [0, 0.1) is 0 Å². The Morgan fingerprint density at radius 1 is 1.33 bits per heavy atom. The fourth-order valence-corrected chi connectivity index (χ4v) is 4.08. The van der Waals surface area contributed by atoms with Crippen LogP contribution in [0.4, 0.5) is 0 Å². The summed E-state index contributed by atoms with van der Waals surface area (Å²) in [7, 11) is 0. The predicted octanol–water partition coefficient (Wildman–Crippen LogP) is 3.25. The first kappa shape index (κ1) is 15.0. The number of hydrogen-bond acceptors (Lipinski definition) is 3. The summed E-state index contributed by atoms with van der Waals surface area (Å²) in [6.07, 6.45) is 11.6. The molecule has 4 nitrogen and oxygen atoms in total. The highest BCUT2D eigenvalue weighted by Gasteiger charge is 2.41. The fourth-order valence-electron chi connectivity index (χ4n) is 4.08. The van der Waals surface area contributed by atoms with E-state index in [1.165, 1.54) is 25.7 Å². The Kier molecular flexibility index (Phi) is 4.65. The van der Waals surface area contributed by atoms with Gasteiger partial charge < -0.3 is 9.84 Å². The van der Waals surface area contributed by atoms with Crippen LogP contribution >= 0.6 is 0 Å². The van der Waals surface area contributed by atoms with Gasteiger partial charge >= 0.3 is 0 Å². The molecule has 1 atom stereocenters. The molecule has 0 saturated heterocycles. The van der Waals surface area contributed by atoms with Crippen LogP contribution in [0.3, 0.4) is 0 Å². The molecule has 1 aromatic rings. The van der Waals surface area contributed by atoms with Crippen molar-refractivity contribution in [1.29, 1.82) is 0 Å². The third-order valence-corrected chi connectivity index (χ3v) is 5.25. The highest BCUT2D eigenvalue weighted by atomic mass is 16.5. The summed E-state index contributed by atoms with van der Waals surface area (Å²) in [5.41, 5.74) is 0.673. The molecule has 1 heterocycles. The second-order valence-corrected chi connectivity index (χ2v) is 6.65. The van der Waals surface area contributed by atoms with Crippen molar-refractivity contribution in [2.24, 2.45) is 0 Å². The van der Waals surface area contributed by atoms with Crippen molar-refractivity contribution >= 4 is 0 Å². The predicted molar refractivity (Wildman–Crippen MR) is 82.3 cm³/mol. The normalized spacial score (nSPS) is 23.7. The fraction of sp³-hybridized carbons (Fsp3) is 0.824. The van der Waals surface area contributed by atoms with E-state index in [1.54, 1.807) is 0 Å². The van der Waals surface area contributed by atoms with Crippen molar-refractivity contribution in [1.82, 2.24) is 9.78 Å². The Morgan fingerprint density at radius 2 is 2.05 bits per heavy atom. The van der Waals surface area contributed by atoms with Crippen LogP contribution in [-0.2, 0) is 11.2 Å². The SMILES string of the molecule is CCOC1(C(O)Cc2ccn(C3CCCC3)n2)CCCC1. The Hall–Kier alpha value is -0.870. The van der Waals surface area contributed by atoms with E-state index in [0.717, 1.165) is 31.4 Å². The van der Waals surface area contributed by atoms with Gasteiger partial charge in [-0.15, -0.1) is 0 Å². The number of aliphatic hydroxyl groups is 1. The zero-order chi connectivity index (χ0) is 14.7. The van der Waals surface area contributed by atoms with E-state index >= 15 is 0 Å². The van der Waals surface area contributed by atoms with Gasteiger partial charge in [0.15, 0.2) is 0 Å². The second kappa shape index (κ2) is 6.49. The first-order valence-electron chi connectivity index (χ1n) is 8.59. The molecule has 1 unspecified atom stereocenters. The number of aromatic nitrogens is 2. The van der Waals surface area contributed by atoms with Gasteiger partial charge in [-0.25, -0.2) is 0 Å². The maximum absolute atomic E-state index is 10.7. The van der Waals surface area contributed by atoms with Crippen LogP contribution in [0.5, 0.6) is 0 Å². The van der Waals surface area contributed by atoms with Gasteiger partial charge in [0.05, 0.1) is 23.4 Å². The highest BCUT2D eigenvalue weighted by Crippen LogP contribution is 2.37. The standard InChI is InChI=1S/C17H28N2O2/c1-2-21-17(10-5-6-11-17)16(20)13-14-9-12-19(18-14)15-7-3-4-8-15/h9,12,15-16,20H,2-8,10-11,13H2,1H3. The third-order valence-electron chi connectivity index (χ3n) is 5.25. The van der Waals surface area contributed by atoms with Gasteiger partial charge in [0, 0.05) is 19.2 Å². The molecule has 0 aliphatic heterocycles. The molecule has 2 aliphatic carbocycles. The summed E-state index contributed by atoms with van der Waals surface area (Å²) >= 11 is 0. The molecule has 4 heteroatoms. The Morgan fingerprint density at radius 3 is 2.71 bits per heavy atom. The number of rotatable bonds is 6. The van der Waals surface area contributed by atoms with Gasteiger partial charge in [0.2, 0.25) is 0 Å². The van der Waals surface area contributed by atoms with Gasteiger partial charge in [-0.2, -0.15) is 5.10 Å². The van der Waals surface area contributed by atoms with E-state index in [-0.39, 0.29) is 5.60 Å². The molecule has 3 rings (SSSR count). The molecule has 118 valence electrons. The largest absolute Gasteiger partial charge is 0.390 e. The van der Waals surface area contributed by atoms with Gasteiger partial charge in [-0.05, 0) is 38.7 Å². The summed E-state index contributed by atoms with van der Waals surface area (Å²) in [6.45, 7) is 2.69. The van der Waals surface area contributed by atoms with Gasteiger partial charge in [-0.1, -0.05) is 25.7 Å². The lowest BCUT2D eigenvalue weighted by Gasteiger charge is -2.33. The molecule has 2 fully saturated rings. The highest BCUT2D eigenvalue weighted by molar-refractivity contribution is 5.06. The molecule has 1 N–H and O–H groups in total. The molecular formula is C17H28N2O2. The number of aliphatic hydroxyl groups excluding tert-OH is 1. The third kappa shape index (κ3) is 3.16. The van der Waals surface area contributed by atoms with Crippen molar-refractivity contribution in [3.05, 3.63) is 18.0 Å². The van der Waals surface area contributed by atoms with Gasteiger partial charge in [0.1, 0.15) is 0 Å². The molecule has 1 aromatic heterocycles. The lowest BCUT2D eigenvalue weighted by Crippen LogP contribution is -2.43. The van der Waals surface area contributed by atoms with Crippen LogP contribution in [0.15, 0.2) is 12.3 Å². The Labute approximate surface area is 127 Å². The maximum Gasteiger partial charge on any atom is 0.0943 e. The number of hydrogen-bond donors (Lipinski definition) is 1. The van der Waals surface area contributed by atoms with E-state index in [0.29, 0.717) is 19.1 Å². The minimum atomic E-state index is -0.438. The van der Waals surface area contributed by atoms with Crippen LogP contribution in [0.2, 0.25) is 0 Å². The number of ether oxygens (including phenoxy) is 1. The van der Waals surface area contributed by atoms with Gasteiger partial charge in [-0.3, -0.25) is 4.68 Å². The molecule has 0 amide bonds. The van der Waals surface area contributed by atoms with E-state index in [9.17, 15) is 5.11 Å². The first-order chi connectivity index (χ1) is 10.2. The molecule has 0 radical (unpaired) electrons. The van der Waals surface area contributed by atoms with Gasteiger partial charge in [0.25, 0.3) is 0 Å². The molecule has 2 aliphatic rings. The first-order valence-corrected chi connectivity index (χ1v) is 8.59. The Balaban J connectivity index is 1.64. The minimum absolute atomic E-state index is 0.327. The molecule has 0 aromatic carbocycles. The summed E-state index contributed by atoms with van der Waals surface area (Å²) in [5, 5.41) is 15.4. The molecule has 0 bridgehead atoms. The minimum Gasteiger partial charge on any atom is -0.390 e. The number of nitrogens with zero attached hydrogens (tertiary/aromatic N) is 2. The summed E-state index contributed by atoms with van der Waals surface area (Å²) in [4.78, 5) is 0. The molecule has 2 saturated carbocycles. The lowest BCUT2D eigenvalue weighted by molar-refractivity contribution is -0.115. The Bertz CT molecular complexity index is 445. The van der Waals surface area contributed by atoms with E-state index in [1.807, 2.05) is 6.92 Å². The summed E-state index contributed by atoms with van der Waals surface area (Å²) in [6, 6.07) is 2.64.